The first-order valence-corrected chi connectivity index (χ1v) is 8.45. The number of carboxylic acids is 1. The molecule has 20 heavy (non-hydrogen) atoms. The summed E-state index contributed by atoms with van der Waals surface area (Å²) in [6, 6.07) is 0. The van der Waals surface area contributed by atoms with Crippen molar-refractivity contribution < 1.29 is 23.1 Å². The van der Waals surface area contributed by atoms with E-state index in [1.807, 2.05) is 6.92 Å². The van der Waals surface area contributed by atoms with Crippen LogP contribution in [0.3, 0.4) is 0 Å². The van der Waals surface area contributed by atoms with Gasteiger partial charge in [-0.1, -0.05) is 0 Å². The van der Waals surface area contributed by atoms with Crippen molar-refractivity contribution in [2.45, 2.75) is 32.6 Å². The SMILES string of the molecule is CCNC(=O)C1CCN(S(=O)(=O)CCCC(=O)O)CC1. The monoisotopic (exact) mass is 306 g/mol. The Bertz CT molecular complexity index is 441. The number of aliphatic carboxylic acids is 1. The molecule has 0 aromatic heterocycles. The van der Waals surface area contributed by atoms with E-state index in [0.29, 0.717) is 32.5 Å². The van der Waals surface area contributed by atoms with Crippen LogP contribution < -0.4 is 5.32 Å². The molecule has 1 aliphatic heterocycles. The maximum atomic E-state index is 12.0. The number of nitrogens with one attached hydrogen (secondary N) is 1. The molecule has 0 unspecified atom stereocenters. The van der Waals surface area contributed by atoms with Crippen LogP contribution in [0.25, 0.3) is 0 Å². The molecule has 8 heteroatoms. The first-order chi connectivity index (χ1) is 9.36. The van der Waals surface area contributed by atoms with Gasteiger partial charge in [0.15, 0.2) is 0 Å². The van der Waals surface area contributed by atoms with Crippen LogP contribution in [0.1, 0.15) is 32.6 Å². The lowest BCUT2D eigenvalue weighted by atomic mass is 9.97. The Hall–Kier alpha value is -1.15. The van der Waals surface area contributed by atoms with Crippen molar-refractivity contribution in [3.05, 3.63) is 0 Å². The summed E-state index contributed by atoms with van der Waals surface area (Å²) in [4.78, 5) is 22.0. The van der Waals surface area contributed by atoms with Crippen molar-refractivity contribution in [2.24, 2.45) is 5.92 Å². The third-order valence-electron chi connectivity index (χ3n) is 3.36. The number of carbonyl (C=O) groups excluding carboxylic acids is 1. The molecule has 0 aliphatic carbocycles. The smallest absolute Gasteiger partial charge is 0.303 e. The molecule has 0 radical (unpaired) electrons. The molecule has 1 aliphatic rings. The number of carbonyl (C=O) groups is 2. The second-order valence-electron chi connectivity index (χ2n) is 4.88. The summed E-state index contributed by atoms with van der Waals surface area (Å²) >= 11 is 0. The zero-order chi connectivity index (χ0) is 15.2. The van der Waals surface area contributed by atoms with E-state index in [0.717, 1.165) is 0 Å². The fourth-order valence-corrected chi connectivity index (χ4v) is 3.78. The van der Waals surface area contributed by atoms with Crippen molar-refractivity contribution in [3.8, 4) is 0 Å². The van der Waals surface area contributed by atoms with Gasteiger partial charge in [0.05, 0.1) is 5.75 Å². The molecule has 2 N–H and O–H groups in total. The Balaban J connectivity index is 2.43. The normalized spacial score (nSPS) is 17.9. The lowest BCUT2D eigenvalue weighted by Gasteiger charge is -2.30. The highest BCUT2D eigenvalue weighted by molar-refractivity contribution is 7.89. The summed E-state index contributed by atoms with van der Waals surface area (Å²) in [6.45, 7) is 3.08. The highest BCUT2D eigenvalue weighted by atomic mass is 32.2. The van der Waals surface area contributed by atoms with Gasteiger partial charge in [-0.15, -0.1) is 0 Å². The molecule has 1 heterocycles. The molecular formula is C12H22N2O5S. The van der Waals surface area contributed by atoms with Gasteiger partial charge in [0, 0.05) is 32.0 Å². The quantitative estimate of drug-likeness (QED) is 0.690. The molecule has 7 nitrogen and oxygen atoms in total. The summed E-state index contributed by atoms with van der Waals surface area (Å²) in [5.41, 5.74) is 0. The number of carboxylic acid groups (broad SMARTS) is 1. The maximum absolute atomic E-state index is 12.0. The average molecular weight is 306 g/mol. The Morgan fingerprint density at radius 2 is 1.90 bits per heavy atom. The minimum Gasteiger partial charge on any atom is -0.481 e. The Labute approximate surface area is 119 Å². The summed E-state index contributed by atoms with van der Waals surface area (Å²) in [6.07, 6.45) is 1.01. The molecule has 1 rings (SSSR count). The standard InChI is InChI=1S/C12H22N2O5S/c1-2-13-12(17)10-5-7-14(8-6-10)20(18,19)9-3-4-11(15)16/h10H,2-9H2,1H3,(H,13,17)(H,15,16). The minimum absolute atomic E-state index is 0.0181. The molecule has 1 amide bonds. The number of amides is 1. The first-order valence-electron chi connectivity index (χ1n) is 6.84. The van der Waals surface area contributed by atoms with Gasteiger partial charge < -0.3 is 10.4 Å². The summed E-state index contributed by atoms with van der Waals surface area (Å²) in [7, 11) is -3.40. The van der Waals surface area contributed by atoms with E-state index in [-0.39, 0.29) is 30.4 Å². The highest BCUT2D eigenvalue weighted by Crippen LogP contribution is 2.20. The number of rotatable bonds is 7. The van der Waals surface area contributed by atoms with Crippen LogP contribution in [0.5, 0.6) is 0 Å². The number of hydrogen-bond donors (Lipinski definition) is 2. The van der Waals surface area contributed by atoms with E-state index in [1.54, 1.807) is 0 Å². The predicted octanol–water partition coefficient (Wildman–Crippen LogP) is 0.0291. The second kappa shape index (κ2) is 7.58. The van der Waals surface area contributed by atoms with E-state index in [4.69, 9.17) is 5.11 Å². The second-order valence-corrected chi connectivity index (χ2v) is 6.97. The number of piperidine rings is 1. The molecule has 116 valence electrons. The summed E-state index contributed by atoms with van der Waals surface area (Å²) in [5, 5.41) is 11.3. The minimum atomic E-state index is -3.40. The van der Waals surface area contributed by atoms with Gasteiger partial charge in [-0.05, 0) is 26.2 Å². The molecule has 1 fully saturated rings. The summed E-state index contributed by atoms with van der Waals surface area (Å²) in [5.74, 6) is -1.28. The van der Waals surface area contributed by atoms with Crippen molar-refractivity contribution in [1.82, 2.24) is 9.62 Å². The third kappa shape index (κ3) is 5.09. The fraction of sp³-hybridized carbons (Fsp3) is 0.833. The van der Waals surface area contributed by atoms with Crippen LogP contribution in [0.15, 0.2) is 0 Å². The van der Waals surface area contributed by atoms with Gasteiger partial charge in [0.2, 0.25) is 15.9 Å². The Kier molecular flexibility index (Phi) is 6.41. The van der Waals surface area contributed by atoms with Crippen molar-refractivity contribution in [2.75, 3.05) is 25.4 Å². The predicted molar refractivity (Wildman–Crippen MR) is 73.6 cm³/mol. The van der Waals surface area contributed by atoms with Crippen LogP contribution in [0.2, 0.25) is 0 Å². The van der Waals surface area contributed by atoms with Crippen LogP contribution in [-0.4, -0.2) is 55.1 Å². The van der Waals surface area contributed by atoms with Gasteiger partial charge in [0.25, 0.3) is 0 Å². The first kappa shape index (κ1) is 16.9. The molecular weight excluding hydrogens is 284 g/mol. The van der Waals surface area contributed by atoms with E-state index in [2.05, 4.69) is 5.32 Å². The molecule has 0 spiro atoms. The largest absolute Gasteiger partial charge is 0.481 e. The van der Waals surface area contributed by atoms with E-state index in [1.165, 1.54) is 4.31 Å². The number of hydrogen-bond acceptors (Lipinski definition) is 4. The maximum Gasteiger partial charge on any atom is 0.303 e. The zero-order valence-corrected chi connectivity index (χ0v) is 12.5. The van der Waals surface area contributed by atoms with Crippen molar-refractivity contribution in [1.29, 1.82) is 0 Å². The molecule has 0 aromatic rings. The Morgan fingerprint density at radius 3 is 2.40 bits per heavy atom. The van der Waals surface area contributed by atoms with E-state index >= 15 is 0 Å². The molecule has 0 saturated carbocycles. The zero-order valence-electron chi connectivity index (χ0n) is 11.7. The summed E-state index contributed by atoms with van der Waals surface area (Å²) < 4.78 is 25.4. The van der Waals surface area contributed by atoms with Crippen LogP contribution in [0, 0.1) is 5.92 Å². The average Bonchev–Trinajstić information content (AvgIpc) is 2.38. The molecule has 0 bridgehead atoms. The van der Waals surface area contributed by atoms with Crippen LogP contribution in [0.4, 0.5) is 0 Å². The van der Waals surface area contributed by atoms with Gasteiger partial charge in [-0.3, -0.25) is 9.59 Å². The van der Waals surface area contributed by atoms with Crippen molar-refractivity contribution >= 4 is 21.9 Å². The van der Waals surface area contributed by atoms with Gasteiger partial charge >= 0.3 is 5.97 Å². The van der Waals surface area contributed by atoms with Gasteiger partial charge in [-0.2, -0.15) is 0 Å². The number of nitrogens with zero attached hydrogens (tertiary/aromatic N) is 1. The van der Waals surface area contributed by atoms with Crippen molar-refractivity contribution in [3.63, 3.8) is 0 Å². The van der Waals surface area contributed by atoms with Crippen LogP contribution in [-0.2, 0) is 19.6 Å². The molecule has 0 aromatic carbocycles. The lowest BCUT2D eigenvalue weighted by molar-refractivity contribution is -0.137. The highest BCUT2D eigenvalue weighted by Gasteiger charge is 2.30. The molecule has 0 atom stereocenters. The van der Waals surface area contributed by atoms with Gasteiger partial charge in [-0.25, -0.2) is 12.7 Å². The topological polar surface area (TPSA) is 104 Å². The third-order valence-corrected chi connectivity index (χ3v) is 5.32. The lowest BCUT2D eigenvalue weighted by Crippen LogP contribution is -2.43. The van der Waals surface area contributed by atoms with E-state index < -0.39 is 16.0 Å². The van der Waals surface area contributed by atoms with Crippen LogP contribution >= 0.6 is 0 Å². The molecule has 1 saturated heterocycles. The fourth-order valence-electron chi connectivity index (χ4n) is 2.25. The Morgan fingerprint density at radius 1 is 1.30 bits per heavy atom. The number of sulfonamides is 1. The van der Waals surface area contributed by atoms with Gasteiger partial charge in [0.1, 0.15) is 0 Å². The van der Waals surface area contributed by atoms with E-state index in [9.17, 15) is 18.0 Å².